The zero-order chi connectivity index (χ0) is 13.9. The van der Waals surface area contributed by atoms with E-state index in [2.05, 4.69) is 90.2 Å². The number of thiophene rings is 2. The van der Waals surface area contributed by atoms with Crippen molar-refractivity contribution < 1.29 is 0 Å². The minimum Gasteiger partial charge on any atom is -0.135 e. The van der Waals surface area contributed by atoms with E-state index >= 15 is 0 Å². The molecule has 0 radical (unpaired) electrons. The minimum absolute atomic E-state index is 1.25. The summed E-state index contributed by atoms with van der Waals surface area (Å²) in [4.78, 5) is 4.00. The predicted molar refractivity (Wildman–Crippen MR) is 100 cm³/mol. The van der Waals surface area contributed by atoms with Gasteiger partial charge in [0.2, 0.25) is 0 Å². The average Bonchev–Trinajstić information content (AvgIpc) is 3.07. The molecule has 0 aliphatic carbocycles. The number of halogens is 1. The van der Waals surface area contributed by atoms with Gasteiger partial charge in [0.25, 0.3) is 0 Å². The predicted octanol–water partition coefficient (Wildman–Crippen LogP) is 6.56. The smallest absolute Gasteiger partial charge is 0.0660 e. The Balaban J connectivity index is 1.78. The van der Waals surface area contributed by atoms with Crippen LogP contribution in [0.3, 0.4) is 0 Å². The molecule has 0 unspecified atom stereocenters. The van der Waals surface area contributed by atoms with Gasteiger partial charge in [-0.15, -0.1) is 22.7 Å². The van der Waals surface area contributed by atoms with Crippen molar-refractivity contribution in [2.24, 2.45) is 0 Å². The summed E-state index contributed by atoms with van der Waals surface area (Å²) in [5.74, 6) is 0. The molecule has 3 heteroatoms. The van der Waals surface area contributed by atoms with Crippen LogP contribution in [0.2, 0.25) is 0 Å². The molecule has 0 aliphatic rings. The standard InChI is InChI=1S/C17H13IS2/c1-12-2-4-13(5-3-12)6-7-14-8-9-15(19-14)16-10-11-17(18)20-16/h2-11H,1H3/b7-6+. The third kappa shape index (κ3) is 3.40. The number of hydrogen-bond donors (Lipinski definition) is 0. The lowest BCUT2D eigenvalue weighted by molar-refractivity contribution is 1.46. The molecule has 2 aromatic heterocycles. The third-order valence-corrected chi connectivity index (χ3v) is 6.10. The molecule has 0 atom stereocenters. The Morgan fingerprint density at radius 2 is 1.50 bits per heavy atom. The second-order valence-electron chi connectivity index (χ2n) is 4.55. The molecule has 0 amide bonds. The maximum atomic E-state index is 2.37. The van der Waals surface area contributed by atoms with E-state index in [1.54, 1.807) is 0 Å². The van der Waals surface area contributed by atoms with Gasteiger partial charge < -0.3 is 0 Å². The van der Waals surface area contributed by atoms with Gasteiger partial charge in [0.15, 0.2) is 0 Å². The molecule has 0 fully saturated rings. The van der Waals surface area contributed by atoms with Crippen molar-refractivity contribution in [2.45, 2.75) is 6.92 Å². The van der Waals surface area contributed by atoms with E-state index < -0.39 is 0 Å². The second kappa shape index (κ2) is 6.24. The first kappa shape index (κ1) is 14.0. The summed E-state index contributed by atoms with van der Waals surface area (Å²) in [7, 11) is 0. The van der Waals surface area contributed by atoms with E-state index in [1.165, 1.54) is 28.6 Å². The average molecular weight is 408 g/mol. The molecule has 3 rings (SSSR count). The van der Waals surface area contributed by atoms with Crippen molar-refractivity contribution in [3.05, 3.63) is 67.4 Å². The summed E-state index contributed by atoms with van der Waals surface area (Å²) >= 11 is 6.06. The highest BCUT2D eigenvalue weighted by Gasteiger charge is 2.03. The molecular formula is C17H13IS2. The number of hydrogen-bond acceptors (Lipinski definition) is 2. The Hall–Kier alpha value is -0.910. The van der Waals surface area contributed by atoms with Gasteiger partial charge in [0, 0.05) is 14.6 Å². The molecule has 2 heterocycles. The van der Waals surface area contributed by atoms with Crippen molar-refractivity contribution in [1.82, 2.24) is 0 Å². The fraction of sp³-hybridized carbons (Fsp3) is 0.0588. The van der Waals surface area contributed by atoms with Gasteiger partial charge in [-0.25, -0.2) is 0 Å². The van der Waals surface area contributed by atoms with Gasteiger partial charge in [0.1, 0.15) is 0 Å². The largest absolute Gasteiger partial charge is 0.135 e. The summed E-state index contributed by atoms with van der Waals surface area (Å²) in [6, 6.07) is 17.4. The van der Waals surface area contributed by atoms with E-state index in [-0.39, 0.29) is 0 Å². The van der Waals surface area contributed by atoms with Crippen LogP contribution in [0.25, 0.3) is 21.9 Å². The Morgan fingerprint density at radius 3 is 2.20 bits per heavy atom. The van der Waals surface area contributed by atoms with Crippen molar-refractivity contribution in [3.63, 3.8) is 0 Å². The third-order valence-electron chi connectivity index (χ3n) is 2.96. The van der Waals surface area contributed by atoms with Crippen molar-refractivity contribution in [2.75, 3.05) is 0 Å². The fourth-order valence-electron chi connectivity index (χ4n) is 1.88. The quantitative estimate of drug-likeness (QED) is 0.431. The second-order valence-corrected chi connectivity index (χ2v) is 8.64. The Bertz CT molecular complexity index is 732. The van der Waals surface area contributed by atoms with Crippen molar-refractivity contribution in [1.29, 1.82) is 0 Å². The molecule has 100 valence electrons. The monoisotopic (exact) mass is 408 g/mol. The highest BCUT2D eigenvalue weighted by molar-refractivity contribution is 14.1. The van der Waals surface area contributed by atoms with Crippen molar-refractivity contribution in [3.8, 4) is 9.75 Å². The Morgan fingerprint density at radius 1 is 0.800 bits per heavy atom. The van der Waals surface area contributed by atoms with Crippen LogP contribution in [-0.4, -0.2) is 0 Å². The topological polar surface area (TPSA) is 0 Å². The highest BCUT2D eigenvalue weighted by atomic mass is 127. The van der Waals surface area contributed by atoms with Crippen LogP contribution in [-0.2, 0) is 0 Å². The SMILES string of the molecule is Cc1ccc(/C=C/c2ccc(-c3ccc(I)s3)s2)cc1. The first-order valence-corrected chi connectivity index (χ1v) is 9.02. The van der Waals surface area contributed by atoms with Gasteiger partial charge in [-0.05, 0) is 65.4 Å². The first-order valence-electron chi connectivity index (χ1n) is 6.31. The molecular weight excluding hydrogens is 395 g/mol. The number of benzene rings is 1. The van der Waals surface area contributed by atoms with Crippen LogP contribution in [0.1, 0.15) is 16.0 Å². The van der Waals surface area contributed by atoms with Gasteiger partial charge in [-0.1, -0.05) is 35.9 Å². The summed E-state index contributed by atoms with van der Waals surface area (Å²) in [5.41, 5.74) is 2.55. The maximum absolute atomic E-state index is 2.37. The molecule has 0 N–H and O–H groups in total. The molecule has 0 nitrogen and oxygen atoms in total. The number of aryl methyl sites for hydroxylation is 1. The number of rotatable bonds is 3. The van der Waals surface area contributed by atoms with E-state index in [4.69, 9.17) is 0 Å². The molecule has 0 spiro atoms. The van der Waals surface area contributed by atoms with Crippen LogP contribution in [0.4, 0.5) is 0 Å². The molecule has 0 aliphatic heterocycles. The van der Waals surface area contributed by atoms with Crippen LogP contribution < -0.4 is 0 Å². The van der Waals surface area contributed by atoms with Gasteiger partial charge in [-0.3, -0.25) is 0 Å². The normalized spacial score (nSPS) is 11.3. The molecule has 0 saturated carbocycles. The fourth-order valence-corrected chi connectivity index (χ4v) is 4.50. The molecule has 3 aromatic rings. The summed E-state index contributed by atoms with van der Waals surface area (Å²) in [5, 5.41) is 0. The molecule has 0 bridgehead atoms. The van der Waals surface area contributed by atoms with Crippen LogP contribution >= 0.6 is 45.3 Å². The van der Waals surface area contributed by atoms with E-state index in [1.807, 2.05) is 22.7 Å². The lowest BCUT2D eigenvalue weighted by Gasteiger charge is -1.94. The lowest BCUT2D eigenvalue weighted by atomic mass is 10.1. The van der Waals surface area contributed by atoms with Crippen molar-refractivity contribution >= 4 is 57.4 Å². The Labute approximate surface area is 140 Å². The molecule has 0 saturated heterocycles. The van der Waals surface area contributed by atoms with E-state index in [0.29, 0.717) is 0 Å². The maximum Gasteiger partial charge on any atom is 0.0660 e. The molecule has 20 heavy (non-hydrogen) atoms. The van der Waals surface area contributed by atoms with E-state index in [0.717, 1.165) is 0 Å². The van der Waals surface area contributed by atoms with Crippen LogP contribution in [0.5, 0.6) is 0 Å². The van der Waals surface area contributed by atoms with Gasteiger partial charge in [0.05, 0.1) is 2.88 Å². The summed E-state index contributed by atoms with van der Waals surface area (Å²) in [6.07, 6.45) is 4.37. The first-order chi connectivity index (χ1) is 9.70. The summed E-state index contributed by atoms with van der Waals surface area (Å²) < 4.78 is 1.34. The van der Waals surface area contributed by atoms with Gasteiger partial charge >= 0.3 is 0 Å². The van der Waals surface area contributed by atoms with Crippen LogP contribution in [0, 0.1) is 9.81 Å². The van der Waals surface area contributed by atoms with E-state index in [9.17, 15) is 0 Å². The van der Waals surface area contributed by atoms with Gasteiger partial charge in [-0.2, -0.15) is 0 Å². The summed E-state index contributed by atoms with van der Waals surface area (Å²) in [6.45, 7) is 2.11. The minimum atomic E-state index is 1.25. The lowest BCUT2D eigenvalue weighted by Crippen LogP contribution is -1.72. The van der Waals surface area contributed by atoms with Crippen LogP contribution in [0.15, 0.2) is 48.5 Å². The zero-order valence-corrected chi connectivity index (χ0v) is 14.8. The highest BCUT2D eigenvalue weighted by Crippen LogP contribution is 2.34. The Kier molecular flexibility index (Phi) is 4.38. The molecule has 1 aromatic carbocycles. The zero-order valence-electron chi connectivity index (χ0n) is 11.0.